The van der Waals surface area contributed by atoms with Crippen LogP contribution in [0.2, 0.25) is 0 Å². The molecule has 0 saturated heterocycles. The molecule has 0 unspecified atom stereocenters. The molecule has 0 aliphatic carbocycles. The third-order valence-electron chi connectivity index (χ3n) is 2.86. The van der Waals surface area contributed by atoms with Gasteiger partial charge < -0.3 is 11.1 Å². The summed E-state index contributed by atoms with van der Waals surface area (Å²) in [5.74, 6) is 0.728. The molecule has 0 radical (unpaired) electrons. The highest BCUT2D eigenvalue weighted by Crippen LogP contribution is 2.25. The lowest BCUT2D eigenvalue weighted by atomic mass is 10.1. The first kappa shape index (κ1) is 11.5. The van der Waals surface area contributed by atoms with Gasteiger partial charge in [0.25, 0.3) is 0 Å². The van der Waals surface area contributed by atoms with Crippen LogP contribution in [0.25, 0.3) is 0 Å². The molecule has 0 aliphatic heterocycles. The van der Waals surface area contributed by atoms with Gasteiger partial charge >= 0.3 is 0 Å². The van der Waals surface area contributed by atoms with E-state index in [1.165, 1.54) is 5.56 Å². The lowest BCUT2D eigenvalue weighted by molar-refractivity contribution is 1.14. The maximum absolute atomic E-state index is 6.00. The third kappa shape index (κ3) is 2.38. The summed E-state index contributed by atoms with van der Waals surface area (Å²) >= 11 is 0. The zero-order valence-corrected chi connectivity index (χ0v) is 10.2. The Bertz CT molecular complexity index is 521. The Morgan fingerprint density at radius 3 is 2.76 bits per heavy atom. The van der Waals surface area contributed by atoms with E-state index < -0.39 is 0 Å². The topological polar surface area (TPSA) is 50.9 Å². The summed E-state index contributed by atoms with van der Waals surface area (Å²) in [4.78, 5) is 4.27. The van der Waals surface area contributed by atoms with Gasteiger partial charge in [-0.15, -0.1) is 0 Å². The SMILES string of the molecule is CCc1ccccc1Nc1nccc(C)c1N. The van der Waals surface area contributed by atoms with Crippen molar-refractivity contribution in [1.29, 1.82) is 0 Å². The summed E-state index contributed by atoms with van der Waals surface area (Å²) in [5.41, 5.74) is 10.1. The van der Waals surface area contributed by atoms with Gasteiger partial charge in [0.15, 0.2) is 5.82 Å². The number of nitrogens with one attached hydrogen (secondary N) is 1. The van der Waals surface area contributed by atoms with Gasteiger partial charge in [-0.1, -0.05) is 25.1 Å². The number of rotatable bonds is 3. The summed E-state index contributed by atoms with van der Waals surface area (Å²) in [6.07, 6.45) is 2.75. The van der Waals surface area contributed by atoms with Crippen LogP contribution >= 0.6 is 0 Å². The Kier molecular flexibility index (Phi) is 3.28. The molecule has 3 N–H and O–H groups in total. The second kappa shape index (κ2) is 4.87. The van der Waals surface area contributed by atoms with E-state index in [4.69, 9.17) is 5.73 Å². The van der Waals surface area contributed by atoms with Crippen molar-refractivity contribution in [3.05, 3.63) is 47.7 Å². The summed E-state index contributed by atoms with van der Waals surface area (Å²) in [6, 6.07) is 10.1. The fourth-order valence-electron chi connectivity index (χ4n) is 1.75. The quantitative estimate of drug-likeness (QED) is 0.846. The minimum Gasteiger partial charge on any atom is -0.396 e. The first-order valence-corrected chi connectivity index (χ1v) is 5.78. The minimum atomic E-state index is 0.707. The summed E-state index contributed by atoms with van der Waals surface area (Å²) < 4.78 is 0. The van der Waals surface area contributed by atoms with Gasteiger partial charge in [-0.25, -0.2) is 4.98 Å². The van der Waals surface area contributed by atoms with Crippen molar-refractivity contribution < 1.29 is 0 Å². The molecule has 1 aromatic heterocycles. The lowest BCUT2D eigenvalue weighted by Gasteiger charge is -2.12. The predicted octanol–water partition coefficient (Wildman–Crippen LogP) is 3.28. The normalized spacial score (nSPS) is 10.2. The van der Waals surface area contributed by atoms with Crippen LogP contribution in [0.3, 0.4) is 0 Å². The van der Waals surface area contributed by atoms with Crippen LogP contribution in [0.1, 0.15) is 18.1 Å². The molecule has 2 aromatic rings. The van der Waals surface area contributed by atoms with Gasteiger partial charge in [-0.3, -0.25) is 0 Å². The summed E-state index contributed by atoms with van der Waals surface area (Å²) in [6.45, 7) is 4.11. The number of nitrogen functional groups attached to an aromatic ring is 1. The summed E-state index contributed by atoms with van der Waals surface area (Å²) in [7, 11) is 0. The van der Waals surface area contributed by atoms with Crippen LogP contribution in [0.4, 0.5) is 17.2 Å². The van der Waals surface area contributed by atoms with Gasteiger partial charge in [0, 0.05) is 11.9 Å². The Labute approximate surface area is 102 Å². The first-order valence-electron chi connectivity index (χ1n) is 5.78. The van der Waals surface area contributed by atoms with Gasteiger partial charge in [0.05, 0.1) is 5.69 Å². The fourth-order valence-corrected chi connectivity index (χ4v) is 1.75. The van der Waals surface area contributed by atoms with E-state index in [1.807, 2.05) is 31.2 Å². The number of aryl methyl sites for hydroxylation is 2. The van der Waals surface area contributed by atoms with E-state index in [0.717, 1.165) is 23.5 Å². The molecule has 0 atom stereocenters. The fraction of sp³-hybridized carbons (Fsp3) is 0.214. The van der Waals surface area contributed by atoms with Gasteiger partial charge in [0.1, 0.15) is 0 Å². The maximum atomic E-state index is 6.00. The van der Waals surface area contributed by atoms with Crippen molar-refractivity contribution in [3.8, 4) is 0 Å². The van der Waals surface area contributed by atoms with Crippen molar-refractivity contribution in [2.24, 2.45) is 0 Å². The Balaban J connectivity index is 2.35. The minimum absolute atomic E-state index is 0.707. The van der Waals surface area contributed by atoms with E-state index in [-0.39, 0.29) is 0 Å². The van der Waals surface area contributed by atoms with Crippen molar-refractivity contribution in [1.82, 2.24) is 4.98 Å². The van der Waals surface area contributed by atoms with Gasteiger partial charge in [0.2, 0.25) is 0 Å². The van der Waals surface area contributed by atoms with Crippen LogP contribution in [0.15, 0.2) is 36.5 Å². The Morgan fingerprint density at radius 1 is 1.24 bits per heavy atom. The molecular weight excluding hydrogens is 210 g/mol. The van der Waals surface area contributed by atoms with E-state index in [9.17, 15) is 0 Å². The molecule has 0 aliphatic rings. The number of para-hydroxylation sites is 1. The number of hydrogen-bond donors (Lipinski definition) is 2. The highest BCUT2D eigenvalue weighted by atomic mass is 15.0. The van der Waals surface area contributed by atoms with E-state index >= 15 is 0 Å². The molecule has 3 nitrogen and oxygen atoms in total. The zero-order chi connectivity index (χ0) is 12.3. The molecule has 0 fully saturated rings. The number of pyridine rings is 1. The zero-order valence-electron chi connectivity index (χ0n) is 10.2. The average Bonchev–Trinajstić information content (AvgIpc) is 2.35. The van der Waals surface area contributed by atoms with E-state index in [0.29, 0.717) is 5.69 Å². The Morgan fingerprint density at radius 2 is 2.00 bits per heavy atom. The number of nitrogens with zero attached hydrogens (tertiary/aromatic N) is 1. The maximum Gasteiger partial charge on any atom is 0.153 e. The van der Waals surface area contributed by atoms with E-state index in [2.05, 4.69) is 23.3 Å². The van der Waals surface area contributed by atoms with Crippen molar-refractivity contribution in [3.63, 3.8) is 0 Å². The van der Waals surface area contributed by atoms with Crippen molar-refractivity contribution >= 4 is 17.2 Å². The molecule has 0 amide bonds. The molecule has 1 heterocycles. The number of aromatic nitrogens is 1. The number of hydrogen-bond acceptors (Lipinski definition) is 3. The highest BCUT2D eigenvalue weighted by Gasteiger charge is 2.05. The largest absolute Gasteiger partial charge is 0.396 e. The van der Waals surface area contributed by atoms with Gasteiger partial charge in [-0.05, 0) is 36.6 Å². The number of nitrogens with two attached hydrogens (primary N) is 1. The summed E-state index contributed by atoms with van der Waals surface area (Å²) in [5, 5.41) is 3.30. The molecule has 0 saturated carbocycles. The molecule has 0 bridgehead atoms. The first-order chi connectivity index (χ1) is 8.22. The van der Waals surface area contributed by atoms with E-state index in [1.54, 1.807) is 6.20 Å². The van der Waals surface area contributed by atoms with Crippen LogP contribution in [0, 0.1) is 6.92 Å². The molecule has 17 heavy (non-hydrogen) atoms. The van der Waals surface area contributed by atoms with Crippen molar-refractivity contribution in [2.45, 2.75) is 20.3 Å². The second-order valence-corrected chi connectivity index (χ2v) is 4.03. The standard InChI is InChI=1S/C14H17N3/c1-3-11-6-4-5-7-12(11)17-14-13(15)10(2)8-9-16-14/h4-9H,3,15H2,1-2H3,(H,16,17). The van der Waals surface area contributed by atoms with Crippen LogP contribution < -0.4 is 11.1 Å². The molecule has 3 heteroatoms. The number of benzene rings is 1. The molecule has 1 aromatic carbocycles. The molecule has 0 spiro atoms. The monoisotopic (exact) mass is 227 g/mol. The van der Waals surface area contributed by atoms with Crippen LogP contribution in [0.5, 0.6) is 0 Å². The average molecular weight is 227 g/mol. The van der Waals surface area contributed by atoms with Crippen LogP contribution in [-0.4, -0.2) is 4.98 Å². The molecular formula is C14H17N3. The predicted molar refractivity (Wildman–Crippen MR) is 72.5 cm³/mol. The smallest absolute Gasteiger partial charge is 0.153 e. The number of anilines is 3. The van der Waals surface area contributed by atoms with Crippen LogP contribution in [-0.2, 0) is 6.42 Å². The van der Waals surface area contributed by atoms with Crippen molar-refractivity contribution in [2.75, 3.05) is 11.1 Å². The Hall–Kier alpha value is -2.03. The molecule has 2 rings (SSSR count). The van der Waals surface area contributed by atoms with Gasteiger partial charge in [-0.2, -0.15) is 0 Å². The molecule has 88 valence electrons. The third-order valence-corrected chi connectivity index (χ3v) is 2.86. The second-order valence-electron chi connectivity index (χ2n) is 4.03. The lowest BCUT2D eigenvalue weighted by Crippen LogP contribution is -2.02. The highest BCUT2D eigenvalue weighted by molar-refractivity contribution is 5.72.